The van der Waals surface area contributed by atoms with Gasteiger partial charge in [0.15, 0.2) is 0 Å². The summed E-state index contributed by atoms with van der Waals surface area (Å²) < 4.78 is 0. The van der Waals surface area contributed by atoms with Crippen molar-refractivity contribution in [3.63, 3.8) is 0 Å². The smallest absolute Gasteiger partial charge is 0.0475 e. The molecule has 0 aliphatic rings. The predicted octanol–water partition coefficient (Wildman–Crippen LogP) is 3.40. The van der Waals surface area contributed by atoms with Gasteiger partial charge in [0.2, 0.25) is 0 Å². The molecule has 0 unspecified atom stereocenters. The second-order valence-corrected chi connectivity index (χ2v) is 4.01. The molecule has 0 heterocycles. The quantitative estimate of drug-likeness (QED) is 0.581. The molecule has 1 N–H and O–H groups in total. The molecule has 0 radical (unpaired) electrons. The van der Waals surface area contributed by atoms with Crippen molar-refractivity contribution >= 4 is 17.4 Å². The van der Waals surface area contributed by atoms with Crippen LogP contribution in [-0.4, -0.2) is 12.8 Å². The molecule has 70 valence electrons. The van der Waals surface area contributed by atoms with Crippen LogP contribution in [0.3, 0.4) is 0 Å². The largest absolute Gasteiger partial charge is 0.387 e. The van der Waals surface area contributed by atoms with Gasteiger partial charge in [0.05, 0.1) is 0 Å². The Morgan fingerprint density at radius 2 is 2.15 bits per heavy atom. The minimum Gasteiger partial charge on any atom is -0.387 e. The first-order valence-corrected chi connectivity index (χ1v) is 5.26. The van der Waals surface area contributed by atoms with E-state index in [4.69, 9.17) is 0 Å². The standard InChI is InChI=1S/C11H15NS/c1-9(2)8-13-11-7-5-4-6-10(11)12-3/h4-7,12H,1,8H2,2-3H3. The summed E-state index contributed by atoms with van der Waals surface area (Å²) in [7, 11) is 1.94. The summed E-state index contributed by atoms with van der Waals surface area (Å²) in [6.45, 7) is 5.94. The molecule has 0 aliphatic heterocycles. The van der Waals surface area contributed by atoms with Crippen molar-refractivity contribution in [2.75, 3.05) is 18.1 Å². The van der Waals surface area contributed by atoms with E-state index in [1.54, 1.807) is 0 Å². The summed E-state index contributed by atoms with van der Waals surface area (Å²) in [4.78, 5) is 1.29. The van der Waals surface area contributed by atoms with Gasteiger partial charge in [-0.1, -0.05) is 24.3 Å². The monoisotopic (exact) mass is 193 g/mol. The Morgan fingerprint density at radius 3 is 2.77 bits per heavy atom. The summed E-state index contributed by atoms with van der Waals surface area (Å²) in [5, 5.41) is 3.17. The number of rotatable bonds is 4. The molecule has 0 saturated carbocycles. The highest BCUT2D eigenvalue weighted by Gasteiger charge is 1.99. The summed E-state index contributed by atoms with van der Waals surface area (Å²) in [6.07, 6.45) is 0. The van der Waals surface area contributed by atoms with Crippen LogP contribution in [0.25, 0.3) is 0 Å². The lowest BCUT2D eigenvalue weighted by Gasteiger charge is -2.07. The summed E-state index contributed by atoms with van der Waals surface area (Å²) in [5.41, 5.74) is 2.39. The van der Waals surface area contributed by atoms with Crippen molar-refractivity contribution in [1.29, 1.82) is 0 Å². The number of thioether (sulfide) groups is 1. The van der Waals surface area contributed by atoms with E-state index in [2.05, 4.69) is 37.0 Å². The number of hydrogen-bond acceptors (Lipinski definition) is 2. The van der Waals surface area contributed by atoms with Gasteiger partial charge in [0.25, 0.3) is 0 Å². The van der Waals surface area contributed by atoms with Crippen LogP contribution in [0.1, 0.15) is 6.92 Å². The average molecular weight is 193 g/mol. The lowest BCUT2D eigenvalue weighted by atomic mass is 10.3. The summed E-state index contributed by atoms with van der Waals surface area (Å²) >= 11 is 1.82. The molecular weight excluding hydrogens is 178 g/mol. The molecule has 0 aromatic heterocycles. The van der Waals surface area contributed by atoms with Crippen LogP contribution in [0, 0.1) is 0 Å². The summed E-state index contributed by atoms with van der Waals surface area (Å²) in [5.74, 6) is 0.985. The van der Waals surface area contributed by atoms with Crippen molar-refractivity contribution < 1.29 is 0 Å². The molecule has 13 heavy (non-hydrogen) atoms. The number of anilines is 1. The minimum atomic E-state index is 0.985. The van der Waals surface area contributed by atoms with Gasteiger partial charge in [-0.05, 0) is 19.1 Å². The maximum atomic E-state index is 3.88. The van der Waals surface area contributed by atoms with Crippen molar-refractivity contribution in [3.8, 4) is 0 Å². The lowest BCUT2D eigenvalue weighted by Crippen LogP contribution is -1.90. The third kappa shape index (κ3) is 3.15. The van der Waals surface area contributed by atoms with Crippen LogP contribution in [0.5, 0.6) is 0 Å². The molecule has 0 amide bonds. The highest BCUT2D eigenvalue weighted by Crippen LogP contribution is 2.27. The van der Waals surface area contributed by atoms with Crippen LogP contribution in [0.15, 0.2) is 41.3 Å². The highest BCUT2D eigenvalue weighted by atomic mass is 32.2. The molecule has 0 atom stereocenters. The number of hydrogen-bond donors (Lipinski definition) is 1. The maximum Gasteiger partial charge on any atom is 0.0475 e. The Morgan fingerprint density at radius 1 is 1.46 bits per heavy atom. The molecule has 0 fully saturated rings. The van der Waals surface area contributed by atoms with Crippen LogP contribution in [0.2, 0.25) is 0 Å². The van der Waals surface area contributed by atoms with Gasteiger partial charge in [0, 0.05) is 23.4 Å². The van der Waals surface area contributed by atoms with Crippen LogP contribution < -0.4 is 5.32 Å². The first kappa shape index (κ1) is 10.2. The van der Waals surface area contributed by atoms with Crippen molar-refractivity contribution in [1.82, 2.24) is 0 Å². The molecular formula is C11H15NS. The molecule has 2 heteroatoms. The van der Waals surface area contributed by atoms with Gasteiger partial charge in [0.1, 0.15) is 0 Å². The van der Waals surface area contributed by atoms with Crippen LogP contribution in [-0.2, 0) is 0 Å². The minimum absolute atomic E-state index is 0.985. The van der Waals surface area contributed by atoms with Crippen molar-refractivity contribution in [2.24, 2.45) is 0 Å². The van der Waals surface area contributed by atoms with Crippen molar-refractivity contribution in [2.45, 2.75) is 11.8 Å². The first-order chi connectivity index (χ1) is 6.24. The zero-order valence-electron chi connectivity index (χ0n) is 8.13. The van der Waals surface area contributed by atoms with Gasteiger partial charge in [-0.2, -0.15) is 0 Å². The molecule has 0 aliphatic carbocycles. The molecule has 0 spiro atoms. The van der Waals surface area contributed by atoms with E-state index in [-0.39, 0.29) is 0 Å². The number of nitrogens with one attached hydrogen (secondary N) is 1. The molecule has 0 saturated heterocycles. The molecule has 1 rings (SSSR count). The SMILES string of the molecule is C=C(C)CSc1ccccc1NC. The van der Waals surface area contributed by atoms with Crippen molar-refractivity contribution in [3.05, 3.63) is 36.4 Å². The van der Waals surface area contributed by atoms with Gasteiger partial charge in [-0.3, -0.25) is 0 Å². The fourth-order valence-corrected chi connectivity index (χ4v) is 1.90. The molecule has 0 bridgehead atoms. The Balaban J connectivity index is 2.69. The fraction of sp³-hybridized carbons (Fsp3) is 0.273. The fourth-order valence-electron chi connectivity index (χ4n) is 1.000. The summed E-state index contributed by atoms with van der Waals surface area (Å²) in [6, 6.07) is 8.30. The van der Waals surface area contributed by atoms with E-state index in [1.165, 1.54) is 16.2 Å². The van der Waals surface area contributed by atoms with Gasteiger partial charge in [-0.15, -0.1) is 11.8 Å². The Kier molecular flexibility index (Phi) is 3.90. The van der Waals surface area contributed by atoms with E-state index in [9.17, 15) is 0 Å². The third-order valence-electron chi connectivity index (χ3n) is 1.63. The van der Waals surface area contributed by atoms with Crippen LogP contribution >= 0.6 is 11.8 Å². The molecule has 1 aromatic rings. The second kappa shape index (κ2) is 4.97. The van der Waals surface area contributed by atoms with Gasteiger partial charge in [-0.25, -0.2) is 0 Å². The maximum absolute atomic E-state index is 3.88. The van der Waals surface area contributed by atoms with Gasteiger partial charge < -0.3 is 5.32 Å². The Hall–Kier alpha value is -0.890. The predicted molar refractivity (Wildman–Crippen MR) is 61.5 cm³/mol. The zero-order valence-corrected chi connectivity index (χ0v) is 8.95. The topological polar surface area (TPSA) is 12.0 Å². The Labute approximate surface area is 84.2 Å². The first-order valence-electron chi connectivity index (χ1n) is 4.28. The van der Waals surface area contributed by atoms with E-state index in [0.717, 1.165) is 5.75 Å². The third-order valence-corrected chi connectivity index (χ3v) is 2.93. The molecule has 1 aromatic carbocycles. The van der Waals surface area contributed by atoms with E-state index in [1.807, 2.05) is 24.9 Å². The van der Waals surface area contributed by atoms with E-state index in [0.29, 0.717) is 0 Å². The molecule has 1 nitrogen and oxygen atoms in total. The number of para-hydroxylation sites is 1. The lowest BCUT2D eigenvalue weighted by molar-refractivity contribution is 1.37. The van der Waals surface area contributed by atoms with Gasteiger partial charge >= 0.3 is 0 Å². The average Bonchev–Trinajstić information content (AvgIpc) is 2.15. The Bertz CT molecular complexity index is 294. The van der Waals surface area contributed by atoms with E-state index >= 15 is 0 Å². The zero-order chi connectivity index (χ0) is 9.68. The van der Waals surface area contributed by atoms with Crippen LogP contribution in [0.4, 0.5) is 5.69 Å². The van der Waals surface area contributed by atoms with E-state index < -0.39 is 0 Å². The normalized spacial score (nSPS) is 9.69. The highest BCUT2D eigenvalue weighted by molar-refractivity contribution is 7.99. The number of benzene rings is 1. The second-order valence-electron chi connectivity index (χ2n) is 2.99.